The van der Waals surface area contributed by atoms with Crippen molar-refractivity contribution in [1.29, 1.82) is 0 Å². The summed E-state index contributed by atoms with van der Waals surface area (Å²) in [5, 5.41) is 4.17. The number of methoxy groups -OCH3 is 2. The lowest BCUT2D eigenvalue weighted by molar-refractivity contribution is 0.183. The topological polar surface area (TPSA) is 43.6 Å². The number of benzene rings is 1. The number of aryl methyl sites for hydroxylation is 1. The quantitative estimate of drug-likeness (QED) is 0.884. The minimum absolute atomic E-state index is 0.538. The lowest BCUT2D eigenvalue weighted by Gasteiger charge is -2.03. The predicted molar refractivity (Wildman–Crippen MR) is 71.0 cm³/mol. The van der Waals surface area contributed by atoms with Crippen LogP contribution in [-0.2, 0) is 17.9 Å². The summed E-state index contributed by atoms with van der Waals surface area (Å²) < 4.78 is 16.5. The Bertz CT molecular complexity index is 545. The zero-order valence-corrected chi connectivity index (χ0v) is 11.3. The van der Waals surface area contributed by atoms with Crippen LogP contribution < -0.4 is 10.1 Å². The molecule has 1 aromatic carbocycles. The highest BCUT2D eigenvalue weighted by Gasteiger charge is 2.17. The Labute approximate surface area is 107 Å². The van der Waals surface area contributed by atoms with E-state index < -0.39 is 0 Å². The molecule has 4 nitrogen and oxygen atoms in total. The van der Waals surface area contributed by atoms with Crippen LogP contribution in [0.25, 0.3) is 11.0 Å². The Morgan fingerprint density at radius 1 is 1.28 bits per heavy atom. The third-order valence-corrected chi connectivity index (χ3v) is 2.93. The van der Waals surface area contributed by atoms with Crippen LogP contribution in [0.3, 0.4) is 0 Å². The van der Waals surface area contributed by atoms with Crippen molar-refractivity contribution >= 4 is 11.0 Å². The molecule has 0 unspecified atom stereocenters. The van der Waals surface area contributed by atoms with Gasteiger partial charge in [0.1, 0.15) is 5.76 Å². The molecule has 2 rings (SSSR count). The van der Waals surface area contributed by atoms with Crippen LogP contribution in [0.15, 0.2) is 16.5 Å². The van der Waals surface area contributed by atoms with Crippen LogP contribution in [0.2, 0.25) is 0 Å². The van der Waals surface area contributed by atoms with E-state index in [0.717, 1.165) is 33.6 Å². The maximum atomic E-state index is 5.90. The van der Waals surface area contributed by atoms with Gasteiger partial charge in [-0.05, 0) is 31.7 Å². The molecular weight excluding hydrogens is 230 g/mol. The zero-order chi connectivity index (χ0) is 13.1. The van der Waals surface area contributed by atoms with Crippen molar-refractivity contribution in [2.75, 3.05) is 21.3 Å². The predicted octanol–water partition coefficient (Wildman–Crippen LogP) is 2.62. The van der Waals surface area contributed by atoms with E-state index in [1.807, 2.05) is 20.0 Å². The van der Waals surface area contributed by atoms with Crippen LogP contribution in [-0.4, -0.2) is 21.3 Å². The van der Waals surface area contributed by atoms with E-state index in [2.05, 4.69) is 11.4 Å². The molecule has 98 valence electrons. The van der Waals surface area contributed by atoms with Crippen molar-refractivity contribution in [3.8, 4) is 5.75 Å². The first-order valence-corrected chi connectivity index (χ1v) is 5.93. The van der Waals surface area contributed by atoms with Gasteiger partial charge in [-0.15, -0.1) is 0 Å². The Balaban J connectivity index is 2.67. The molecular formula is C14H19NO3. The molecule has 0 aliphatic heterocycles. The van der Waals surface area contributed by atoms with Gasteiger partial charge in [0.05, 0.1) is 20.3 Å². The SMILES string of the molecule is CNCc1oc2c(OC)cc(C)cc2c1COC. The Hall–Kier alpha value is -1.52. The monoisotopic (exact) mass is 249 g/mol. The van der Waals surface area contributed by atoms with Gasteiger partial charge in [-0.2, -0.15) is 0 Å². The molecule has 0 aliphatic rings. The minimum Gasteiger partial charge on any atom is -0.493 e. The maximum absolute atomic E-state index is 5.90. The van der Waals surface area contributed by atoms with Crippen LogP contribution in [0.1, 0.15) is 16.9 Å². The Kier molecular flexibility index (Phi) is 3.89. The van der Waals surface area contributed by atoms with Gasteiger partial charge in [-0.25, -0.2) is 0 Å². The summed E-state index contributed by atoms with van der Waals surface area (Å²) >= 11 is 0. The van der Waals surface area contributed by atoms with E-state index in [-0.39, 0.29) is 0 Å². The molecule has 0 aliphatic carbocycles. The molecule has 0 fully saturated rings. The van der Waals surface area contributed by atoms with Crippen molar-refractivity contribution in [2.24, 2.45) is 0 Å². The first kappa shape index (κ1) is 12.9. The van der Waals surface area contributed by atoms with E-state index in [0.29, 0.717) is 13.2 Å². The number of hydrogen-bond donors (Lipinski definition) is 1. The van der Waals surface area contributed by atoms with E-state index in [1.165, 1.54) is 0 Å². The molecule has 1 aromatic heterocycles. The summed E-state index contributed by atoms with van der Waals surface area (Å²) in [6.07, 6.45) is 0. The third-order valence-electron chi connectivity index (χ3n) is 2.93. The standard InChI is InChI=1S/C14H19NO3/c1-9-5-10-11(8-16-3)13(7-15-2)18-14(10)12(6-9)17-4/h5-6,15H,7-8H2,1-4H3. The van der Waals surface area contributed by atoms with Gasteiger partial charge in [0.15, 0.2) is 11.3 Å². The smallest absolute Gasteiger partial charge is 0.176 e. The molecule has 0 atom stereocenters. The maximum Gasteiger partial charge on any atom is 0.176 e. The van der Waals surface area contributed by atoms with E-state index in [9.17, 15) is 0 Å². The second kappa shape index (κ2) is 5.42. The summed E-state index contributed by atoms with van der Waals surface area (Å²) in [5.41, 5.74) is 3.03. The molecule has 0 saturated heterocycles. The summed E-state index contributed by atoms with van der Waals surface area (Å²) in [7, 11) is 5.24. The first-order valence-electron chi connectivity index (χ1n) is 5.93. The number of furan rings is 1. The van der Waals surface area contributed by atoms with Crippen LogP contribution in [0.4, 0.5) is 0 Å². The Morgan fingerprint density at radius 3 is 2.67 bits per heavy atom. The zero-order valence-electron chi connectivity index (χ0n) is 11.3. The van der Waals surface area contributed by atoms with Crippen LogP contribution >= 0.6 is 0 Å². The fraction of sp³-hybridized carbons (Fsp3) is 0.429. The van der Waals surface area contributed by atoms with Crippen LogP contribution in [0, 0.1) is 6.92 Å². The molecule has 1 heterocycles. The highest BCUT2D eigenvalue weighted by atomic mass is 16.5. The number of ether oxygens (including phenoxy) is 2. The van der Waals surface area contributed by atoms with Gasteiger partial charge in [-0.3, -0.25) is 0 Å². The highest BCUT2D eigenvalue weighted by molar-refractivity contribution is 5.88. The second-order valence-corrected chi connectivity index (χ2v) is 4.31. The van der Waals surface area contributed by atoms with Gasteiger partial charge < -0.3 is 19.2 Å². The van der Waals surface area contributed by atoms with Gasteiger partial charge in [0.2, 0.25) is 0 Å². The van der Waals surface area contributed by atoms with Gasteiger partial charge in [-0.1, -0.05) is 0 Å². The minimum atomic E-state index is 0.538. The van der Waals surface area contributed by atoms with Gasteiger partial charge in [0, 0.05) is 18.1 Å². The molecule has 2 aromatic rings. The first-order chi connectivity index (χ1) is 8.71. The van der Waals surface area contributed by atoms with Gasteiger partial charge >= 0.3 is 0 Å². The lowest BCUT2D eigenvalue weighted by Crippen LogP contribution is -2.06. The highest BCUT2D eigenvalue weighted by Crippen LogP contribution is 2.34. The van der Waals surface area contributed by atoms with E-state index >= 15 is 0 Å². The Morgan fingerprint density at radius 2 is 2.06 bits per heavy atom. The van der Waals surface area contributed by atoms with Crippen molar-refractivity contribution < 1.29 is 13.9 Å². The molecule has 0 amide bonds. The molecule has 0 radical (unpaired) electrons. The molecule has 0 saturated carbocycles. The van der Waals surface area contributed by atoms with Crippen molar-refractivity contribution in [1.82, 2.24) is 5.32 Å². The third kappa shape index (κ3) is 2.21. The number of fused-ring (bicyclic) bond motifs is 1. The van der Waals surface area contributed by atoms with Gasteiger partial charge in [0.25, 0.3) is 0 Å². The van der Waals surface area contributed by atoms with E-state index in [4.69, 9.17) is 13.9 Å². The number of nitrogens with one attached hydrogen (secondary N) is 1. The average molecular weight is 249 g/mol. The molecule has 18 heavy (non-hydrogen) atoms. The summed E-state index contributed by atoms with van der Waals surface area (Å²) in [5.74, 6) is 1.67. The normalized spacial score (nSPS) is 11.1. The fourth-order valence-corrected chi connectivity index (χ4v) is 2.16. The largest absolute Gasteiger partial charge is 0.493 e. The summed E-state index contributed by atoms with van der Waals surface area (Å²) in [6.45, 7) is 3.26. The lowest BCUT2D eigenvalue weighted by atomic mass is 10.1. The number of rotatable bonds is 5. The van der Waals surface area contributed by atoms with Crippen molar-refractivity contribution in [3.63, 3.8) is 0 Å². The summed E-state index contributed by atoms with van der Waals surface area (Å²) in [6, 6.07) is 4.08. The number of hydrogen-bond acceptors (Lipinski definition) is 4. The fourth-order valence-electron chi connectivity index (χ4n) is 2.16. The molecule has 4 heteroatoms. The van der Waals surface area contributed by atoms with E-state index in [1.54, 1.807) is 14.2 Å². The van der Waals surface area contributed by atoms with Crippen molar-refractivity contribution in [3.05, 3.63) is 29.0 Å². The summed E-state index contributed by atoms with van der Waals surface area (Å²) in [4.78, 5) is 0. The second-order valence-electron chi connectivity index (χ2n) is 4.31. The molecule has 1 N–H and O–H groups in total. The van der Waals surface area contributed by atoms with Crippen LogP contribution in [0.5, 0.6) is 5.75 Å². The molecule has 0 spiro atoms. The average Bonchev–Trinajstić information content (AvgIpc) is 2.68. The molecule has 0 bridgehead atoms. The van der Waals surface area contributed by atoms with Crippen molar-refractivity contribution in [2.45, 2.75) is 20.1 Å².